The summed E-state index contributed by atoms with van der Waals surface area (Å²) in [6, 6.07) is 0.534. The Hall–Kier alpha value is -0.610. The third-order valence-corrected chi connectivity index (χ3v) is 5.22. The van der Waals surface area contributed by atoms with Crippen LogP contribution in [0.3, 0.4) is 0 Å². The van der Waals surface area contributed by atoms with E-state index in [-0.39, 0.29) is 0 Å². The van der Waals surface area contributed by atoms with Crippen molar-refractivity contribution in [3.8, 4) is 0 Å². The number of anilines is 1. The van der Waals surface area contributed by atoms with Crippen LogP contribution in [0, 0.1) is 5.92 Å². The molecule has 0 radical (unpaired) electrons. The van der Waals surface area contributed by atoms with E-state index in [4.69, 9.17) is 4.98 Å². The number of aryl methyl sites for hydroxylation is 1. The molecule has 0 saturated carbocycles. The highest BCUT2D eigenvalue weighted by molar-refractivity contribution is 7.15. The summed E-state index contributed by atoms with van der Waals surface area (Å²) < 4.78 is 0. The first-order valence-corrected chi connectivity index (χ1v) is 8.92. The average molecular weight is 295 g/mol. The van der Waals surface area contributed by atoms with E-state index in [1.165, 1.54) is 48.1 Å². The summed E-state index contributed by atoms with van der Waals surface area (Å²) in [4.78, 5) is 8.87. The van der Waals surface area contributed by atoms with Crippen LogP contribution in [-0.2, 0) is 13.0 Å². The van der Waals surface area contributed by atoms with Crippen LogP contribution in [0.2, 0.25) is 0 Å². The second kappa shape index (κ2) is 7.41. The maximum atomic E-state index is 4.93. The number of rotatable bonds is 7. The summed E-state index contributed by atoms with van der Waals surface area (Å²) in [5.41, 5.74) is 1.32. The largest absolute Gasteiger partial charge is 0.348 e. The van der Waals surface area contributed by atoms with E-state index in [0.29, 0.717) is 6.04 Å². The van der Waals surface area contributed by atoms with Gasteiger partial charge in [0.2, 0.25) is 0 Å². The minimum Gasteiger partial charge on any atom is -0.348 e. The Morgan fingerprint density at radius 3 is 2.80 bits per heavy atom. The maximum absolute atomic E-state index is 4.93. The predicted molar refractivity (Wildman–Crippen MR) is 88.7 cm³/mol. The van der Waals surface area contributed by atoms with Crippen LogP contribution in [0.4, 0.5) is 5.13 Å². The molecule has 20 heavy (non-hydrogen) atoms. The number of aromatic nitrogens is 1. The van der Waals surface area contributed by atoms with Crippen molar-refractivity contribution in [2.24, 2.45) is 5.92 Å². The highest BCUT2D eigenvalue weighted by Gasteiger charge is 2.24. The summed E-state index contributed by atoms with van der Waals surface area (Å²) in [5.74, 6) is 0.866. The monoisotopic (exact) mass is 295 g/mol. The first-order chi connectivity index (χ1) is 9.63. The van der Waals surface area contributed by atoms with Gasteiger partial charge >= 0.3 is 0 Å². The molecule has 0 aliphatic carbocycles. The lowest BCUT2D eigenvalue weighted by atomic mass is 10.1. The molecule has 4 heteroatoms. The molecular formula is C16H29N3S. The Kier molecular flexibility index (Phi) is 5.85. The number of hydrogen-bond acceptors (Lipinski definition) is 4. The molecule has 1 atom stereocenters. The Morgan fingerprint density at radius 1 is 1.40 bits per heavy atom. The minimum atomic E-state index is 0.534. The van der Waals surface area contributed by atoms with Crippen molar-refractivity contribution >= 4 is 16.5 Å². The van der Waals surface area contributed by atoms with Crippen molar-refractivity contribution in [1.29, 1.82) is 0 Å². The SMILES string of the molecule is CCCc1nc(N2CCC(CC)C2)sc1CNC(C)C. The Balaban J connectivity index is 2.08. The van der Waals surface area contributed by atoms with Crippen LogP contribution in [0.5, 0.6) is 0 Å². The fourth-order valence-electron chi connectivity index (χ4n) is 2.71. The van der Waals surface area contributed by atoms with Crippen LogP contribution in [-0.4, -0.2) is 24.1 Å². The topological polar surface area (TPSA) is 28.2 Å². The van der Waals surface area contributed by atoms with E-state index in [0.717, 1.165) is 18.9 Å². The molecule has 1 aliphatic heterocycles. The lowest BCUT2D eigenvalue weighted by Gasteiger charge is -2.14. The fraction of sp³-hybridized carbons (Fsp3) is 0.812. The van der Waals surface area contributed by atoms with Gasteiger partial charge in [0.25, 0.3) is 0 Å². The third kappa shape index (κ3) is 3.95. The lowest BCUT2D eigenvalue weighted by molar-refractivity contribution is 0.569. The molecule has 1 aromatic rings. The summed E-state index contributed by atoms with van der Waals surface area (Å²) in [6.45, 7) is 12.3. The predicted octanol–water partition coefficient (Wildman–Crippen LogP) is 3.83. The fourth-order valence-corrected chi connectivity index (χ4v) is 3.80. The maximum Gasteiger partial charge on any atom is 0.185 e. The van der Waals surface area contributed by atoms with Crippen molar-refractivity contribution < 1.29 is 0 Å². The molecule has 2 rings (SSSR count). The molecule has 1 aliphatic rings. The Bertz CT molecular complexity index is 414. The normalized spacial score (nSPS) is 19.2. The molecule has 0 amide bonds. The van der Waals surface area contributed by atoms with Gasteiger partial charge in [0.05, 0.1) is 5.69 Å². The van der Waals surface area contributed by atoms with E-state index in [1.807, 2.05) is 11.3 Å². The van der Waals surface area contributed by atoms with Crippen molar-refractivity contribution in [1.82, 2.24) is 10.3 Å². The van der Waals surface area contributed by atoms with E-state index in [2.05, 4.69) is 37.9 Å². The van der Waals surface area contributed by atoms with Gasteiger partial charge in [-0.2, -0.15) is 0 Å². The smallest absolute Gasteiger partial charge is 0.185 e. The zero-order valence-electron chi connectivity index (χ0n) is 13.4. The molecule has 1 N–H and O–H groups in total. The molecule has 1 unspecified atom stereocenters. The van der Waals surface area contributed by atoms with Crippen LogP contribution in [0.25, 0.3) is 0 Å². The third-order valence-electron chi connectivity index (χ3n) is 4.06. The van der Waals surface area contributed by atoms with Gasteiger partial charge in [-0.1, -0.05) is 40.5 Å². The molecular weight excluding hydrogens is 266 g/mol. The zero-order valence-corrected chi connectivity index (χ0v) is 14.2. The Labute approximate surface area is 127 Å². The van der Waals surface area contributed by atoms with Gasteiger partial charge in [-0.3, -0.25) is 0 Å². The average Bonchev–Trinajstić information content (AvgIpc) is 3.03. The molecule has 0 aromatic carbocycles. The second-order valence-corrected chi connectivity index (χ2v) is 7.22. The van der Waals surface area contributed by atoms with E-state index in [9.17, 15) is 0 Å². The zero-order chi connectivity index (χ0) is 14.5. The molecule has 1 aromatic heterocycles. The van der Waals surface area contributed by atoms with Gasteiger partial charge in [0.15, 0.2) is 5.13 Å². The van der Waals surface area contributed by atoms with Crippen molar-refractivity contribution in [3.63, 3.8) is 0 Å². The van der Waals surface area contributed by atoms with E-state index >= 15 is 0 Å². The summed E-state index contributed by atoms with van der Waals surface area (Å²) in [7, 11) is 0. The van der Waals surface area contributed by atoms with Gasteiger partial charge in [-0.15, -0.1) is 11.3 Å². The number of thiazole rings is 1. The van der Waals surface area contributed by atoms with Crippen LogP contribution in [0.15, 0.2) is 0 Å². The molecule has 3 nitrogen and oxygen atoms in total. The summed E-state index contributed by atoms with van der Waals surface area (Å²) in [6.07, 6.45) is 4.91. The summed E-state index contributed by atoms with van der Waals surface area (Å²) in [5, 5.41) is 4.79. The molecule has 0 bridgehead atoms. The van der Waals surface area contributed by atoms with Crippen LogP contribution in [0.1, 0.15) is 57.5 Å². The molecule has 1 saturated heterocycles. The van der Waals surface area contributed by atoms with Crippen molar-refractivity contribution in [2.75, 3.05) is 18.0 Å². The first-order valence-electron chi connectivity index (χ1n) is 8.10. The van der Waals surface area contributed by atoms with E-state index in [1.54, 1.807) is 0 Å². The number of nitrogens with one attached hydrogen (secondary N) is 1. The minimum absolute atomic E-state index is 0.534. The molecule has 1 fully saturated rings. The van der Waals surface area contributed by atoms with E-state index < -0.39 is 0 Å². The van der Waals surface area contributed by atoms with Gasteiger partial charge < -0.3 is 10.2 Å². The lowest BCUT2D eigenvalue weighted by Crippen LogP contribution is -2.21. The molecule has 114 valence electrons. The number of nitrogens with zero attached hydrogens (tertiary/aromatic N) is 2. The standard InChI is InChI=1S/C16H29N3S/c1-5-7-14-15(10-17-12(3)4)20-16(18-14)19-9-8-13(6-2)11-19/h12-13,17H,5-11H2,1-4H3. The quantitative estimate of drug-likeness (QED) is 0.828. The highest BCUT2D eigenvalue weighted by atomic mass is 32.1. The molecule has 0 spiro atoms. The van der Waals surface area contributed by atoms with Gasteiger partial charge in [-0.25, -0.2) is 4.98 Å². The second-order valence-electron chi connectivity index (χ2n) is 6.16. The van der Waals surface area contributed by atoms with Gasteiger partial charge in [-0.05, 0) is 18.8 Å². The van der Waals surface area contributed by atoms with Gasteiger partial charge in [0.1, 0.15) is 0 Å². The highest BCUT2D eigenvalue weighted by Crippen LogP contribution is 2.32. The van der Waals surface area contributed by atoms with Crippen LogP contribution < -0.4 is 10.2 Å². The Morgan fingerprint density at radius 2 is 2.20 bits per heavy atom. The number of hydrogen-bond donors (Lipinski definition) is 1. The van der Waals surface area contributed by atoms with Gasteiger partial charge in [0, 0.05) is 30.6 Å². The summed E-state index contributed by atoms with van der Waals surface area (Å²) >= 11 is 1.90. The van der Waals surface area contributed by atoms with Crippen LogP contribution >= 0.6 is 11.3 Å². The van der Waals surface area contributed by atoms with Crippen molar-refractivity contribution in [2.45, 2.75) is 66.0 Å². The first kappa shape index (κ1) is 15.8. The van der Waals surface area contributed by atoms with Crippen molar-refractivity contribution in [3.05, 3.63) is 10.6 Å². The molecule has 2 heterocycles.